The first-order valence-electron chi connectivity index (χ1n) is 5.54. The van der Waals surface area contributed by atoms with Gasteiger partial charge < -0.3 is 9.88 Å². The monoisotopic (exact) mass is 261 g/mol. The molecule has 0 aliphatic heterocycles. The molecular formula is C12H12ClN5. The van der Waals surface area contributed by atoms with E-state index >= 15 is 0 Å². The quantitative estimate of drug-likeness (QED) is 0.918. The predicted molar refractivity (Wildman–Crippen MR) is 69.2 cm³/mol. The van der Waals surface area contributed by atoms with Crippen LogP contribution in [0.5, 0.6) is 0 Å². The largest absolute Gasteiger partial charge is 0.377 e. The van der Waals surface area contributed by atoms with Crippen LogP contribution in [0.1, 0.15) is 18.3 Å². The molecule has 5 nitrogen and oxygen atoms in total. The molecule has 0 radical (unpaired) electrons. The molecule has 2 aromatic rings. The Bertz CT molecular complexity index is 584. The van der Waals surface area contributed by atoms with Crippen molar-refractivity contribution in [3.05, 3.63) is 40.9 Å². The van der Waals surface area contributed by atoms with Crippen LogP contribution in [-0.2, 0) is 13.1 Å². The highest BCUT2D eigenvalue weighted by atomic mass is 35.5. The average molecular weight is 262 g/mol. The van der Waals surface area contributed by atoms with Crippen molar-refractivity contribution in [3.8, 4) is 6.07 Å². The van der Waals surface area contributed by atoms with Gasteiger partial charge in [-0.1, -0.05) is 11.6 Å². The first-order chi connectivity index (χ1) is 8.74. The Morgan fingerprint density at radius 3 is 3.06 bits per heavy atom. The van der Waals surface area contributed by atoms with Gasteiger partial charge in [-0.25, -0.2) is 0 Å². The van der Waals surface area contributed by atoms with Gasteiger partial charge in [0.25, 0.3) is 0 Å². The maximum absolute atomic E-state index is 9.00. The van der Waals surface area contributed by atoms with Crippen molar-refractivity contribution in [1.29, 1.82) is 5.26 Å². The van der Waals surface area contributed by atoms with E-state index in [1.54, 1.807) is 24.5 Å². The summed E-state index contributed by atoms with van der Waals surface area (Å²) in [6, 6.07) is 7.23. The summed E-state index contributed by atoms with van der Waals surface area (Å²) in [6.45, 7) is 3.33. The third-order valence-corrected chi connectivity index (χ3v) is 2.81. The zero-order valence-corrected chi connectivity index (χ0v) is 10.6. The lowest BCUT2D eigenvalue weighted by Gasteiger charge is -2.08. The molecule has 6 heteroatoms. The second kappa shape index (κ2) is 5.52. The van der Waals surface area contributed by atoms with Crippen LogP contribution in [-0.4, -0.2) is 14.8 Å². The van der Waals surface area contributed by atoms with Crippen LogP contribution in [0.3, 0.4) is 0 Å². The van der Waals surface area contributed by atoms with Crippen LogP contribution < -0.4 is 5.32 Å². The molecule has 1 aromatic heterocycles. The van der Waals surface area contributed by atoms with Crippen LogP contribution in [0.2, 0.25) is 5.02 Å². The minimum atomic E-state index is 0.503. The molecule has 0 atom stereocenters. The molecule has 0 amide bonds. The number of hydrogen-bond donors (Lipinski definition) is 1. The number of benzene rings is 1. The first kappa shape index (κ1) is 12.4. The minimum absolute atomic E-state index is 0.503. The zero-order chi connectivity index (χ0) is 13.0. The lowest BCUT2D eigenvalue weighted by Crippen LogP contribution is -2.08. The Kier molecular flexibility index (Phi) is 3.80. The molecule has 92 valence electrons. The molecule has 0 fully saturated rings. The topological polar surface area (TPSA) is 66.5 Å². The Labute approximate surface area is 110 Å². The van der Waals surface area contributed by atoms with Gasteiger partial charge >= 0.3 is 0 Å². The fourth-order valence-corrected chi connectivity index (χ4v) is 1.79. The molecule has 0 saturated heterocycles. The number of nitrogens with zero attached hydrogens (tertiary/aromatic N) is 4. The van der Waals surface area contributed by atoms with E-state index in [1.807, 2.05) is 11.5 Å². The number of rotatable bonds is 4. The number of aryl methyl sites for hydroxylation is 1. The van der Waals surface area contributed by atoms with E-state index in [1.165, 1.54) is 0 Å². The van der Waals surface area contributed by atoms with Crippen molar-refractivity contribution in [3.63, 3.8) is 0 Å². The average Bonchev–Trinajstić information content (AvgIpc) is 2.84. The summed E-state index contributed by atoms with van der Waals surface area (Å²) in [5.41, 5.74) is 1.26. The second-order valence-electron chi connectivity index (χ2n) is 3.69. The van der Waals surface area contributed by atoms with Crippen molar-refractivity contribution < 1.29 is 0 Å². The third-order valence-electron chi connectivity index (χ3n) is 2.58. The van der Waals surface area contributed by atoms with Crippen LogP contribution in [0.15, 0.2) is 24.5 Å². The molecule has 0 aliphatic carbocycles. The molecule has 0 saturated carbocycles. The highest BCUT2D eigenvalue weighted by Crippen LogP contribution is 2.20. The molecule has 2 rings (SSSR count). The Morgan fingerprint density at radius 2 is 2.33 bits per heavy atom. The summed E-state index contributed by atoms with van der Waals surface area (Å²) in [5.74, 6) is 0.821. The van der Waals surface area contributed by atoms with E-state index in [0.717, 1.165) is 12.4 Å². The number of nitrogens with one attached hydrogen (secondary N) is 1. The van der Waals surface area contributed by atoms with E-state index in [9.17, 15) is 0 Å². The maximum atomic E-state index is 9.00. The lowest BCUT2D eigenvalue weighted by atomic mass is 10.2. The van der Waals surface area contributed by atoms with E-state index in [4.69, 9.17) is 16.9 Å². The van der Waals surface area contributed by atoms with Gasteiger partial charge in [0.05, 0.1) is 17.8 Å². The summed E-state index contributed by atoms with van der Waals surface area (Å²) < 4.78 is 1.93. The number of hydrogen-bond acceptors (Lipinski definition) is 4. The summed E-state index contributed by atoms with van der Waals surface area (Å²) in [6.07, 6.45) is 1.68. The molecule has 0 unspecified atom stereocenters. The number of halogens is 1. The van der Waals surface area contributed by atoms with E-state index in [2.05, 4.69) is 21.6 Å². The van der Waals surface area contributed by atoms with Crippen LogP contribution in [0, 0.1) is 11.3 Å². The highest BCUT2D eigenvalue weighted by Gasteiger charge is 2.06. The number of aromatic nitrogens is 3. The third kappa shape index (κ3) is 2.60. The van der Waals surface area contributed by atoms with Gasteiger partial charge in [-0.3, -0.25) is 0 Å². The Balaban J connectivity index is 2.15. The zero-order valence-electron chi connectivity index (χ0n) is 9.89. The van der Waals surface area contributed by atoms with E-state index in [0.29, 0.717) is 22.8 Å². The highest BCUT2D eigenvalue weighted by molar-refractivity contribution is 6.30. The van der Waals surface area contributed by atoms with Gasteiger partial charge in [0.2, 0.25) is 0 Å². The van der Waals surface area contributed by atoms with Gasteiger partial charge in [0, 0.05) is 11.6 Å². The van der Waals surface area contributed by atoms with Gasteiger partial charge in [0.15, 0.2) is 5.82 Å². The van der Waals surface area contributed by atoms with Crippen molar-refractivity contribution in [2.24, 2.45) is 0 Å². The van der Waals surface area contributed by atoms with Gasteiger partial charge in [-0.2, -0.15) is 5.26 Å². The standard InChI is InChI=1S/C12H12ClN5/c1-2-18-8-16-17-12(18)7-15-11-5-10(13)4-3-9(11)6-14/h3-5,8,15H,2,7H2,1H3. The SMILES string of the molecule is CCn1cnnc1CNc1cc(Cl)ccc1C#N. The predicted octanol–water partition coefficient (Wildman–Crippen LogP) is 2.44. The Morgan fingerprint density at radius 1 is 1.50 bits per heavy atom. The van der Waals surface area contributed by atoms with Crippen molar-refractivity contribution in [2.45, 2.75) is 20.0 Å². The molecule has 18 heavy (non-hydrogen) atoms. The van der Waals surface area contributed by atoms with Gasteiger partial charge in [0.1, 0.15) is 12.4 Å². The molecule has 1 N–H and O–H groups in total. The maximum Gasteiger partial charge on any atom is 0.152 e. The van der Waals surface area contributed by atoms with Crippen LogP contribution >= 0.6 is 11.6 Å². The number of nitriles is 1. The first-order valence-corrected chi connectivity index (χ1v) is 5.92. The number of anilines is 1. The molecule has 1 heterocycles. The van der Waals surface area contributed by atoms with E-state index in [-0.39, 0.29) is 0 Å². The molecule has 0 bridgehead atoms. The van der Waals surface area contributed by atoms with E-state index < -0.39 is 0 Å². The summed E-state index contributed by atoms with van der Waals surface area (Å²) in [5, 5.41) is 20.6. The van der Waals surface area contributed by atoms with Crippen molar-refractivity contribution in [2.75, 3.05) is 5.32 Å². The molecular weight excluding hydrogens is 250 g/mol. The summed E-state index contributed by atoms with van der Waals surface area (Å²) >= 11 is 5.91. The minimum Gasteiger partial charge on any atom is -0.377 e. The molecule has 1 aromatic carbocycles. The van der Waals surface area contributed by atoms with Crippen molar-refractivity contribution >= 4 is 17.3 Å². The normalized spacial score (nSPS) is 10.1. The fourth-order valence-electron chi connectivity index (χ4n) is 1.61. The summed E-state index contributed by atoms with van der Waals surface area (Å²) in [4.78, 5) is 0. The van der Waals surface area contributed by atoms with Crippen molar-refractivity contribution in [1.82, 2.24) is 14.8 Å². The second-order valence-corrected chi connectivity index (χ2v) is 4.12. The van der Waals surface area contributed by atoms with Gasteiger partial charge in [-0.05, 0) is 25.1 Å². The fraction of sp³-hybridized carbons (Fsp3) is 0.250. The van der Waals surface area contributed by atoms with Gasteiger partial charge in [-0.15, -0.1) is 10.2 Å². The van der Waals surface area contributed by atoms with Crippen LogP contribution in [0.25, 0.3) is 0 Å². The smallest absolute Gasteiger partial charge is 0.152 e. The molecule has 0 spiro atoms. The van der Waals surface area contributed by atoms with Crippen LogP contribution in [0.4, 0.5) is 5.69 Å². The summed E-state index contributed by atoms with van der Waals surface area (Å²) in [7, 11) is 0. The lowest BCUT2D eigenvalue weighted by molar-refractivity contribution is 0.708. The Hall–Kier alpha value is -2.06. The molecule has 0 aliphatic rings.